The first-order chi connectivity index (χ1) is 6.61. The minimum absolute atomic E-state index is 0.337. The Kier molecular flexibility index (Phi) is 2.11. The molecule has 0 spiro atoms. The van der Waals surface area contributed by atoms with Crippen LogP contribution in [0.4, 0.5) is 18.9 Å². The van der Waals surface area contributed by atoms with Gasteiger partial charge in [-0.3, -0.25) is 0 Å². The maximum Gasteiger partial charge on any atom is 0.266 e. The van der Waals surface area contributed by atoms with Gasteiger partial charge in [-0.05, 0) is 17.5 Å². The van der Waals surface area contributed by atoms with Gasteiger partial charge >= 0.3 is 0 Å². The smallest absolute Gasteiger partial charge is 0.266 e. The molecule has 74 valence electrons. The summed E-state index contributed by atoms with van der Waals surface area (Å²) in [5, 5.41) is 1.97. The molecule has 2 rings (SSSR count). The lowest BCUT2D eigenvalue weighted by Gasteiger charge is -2.06. The van der Waals surface area contributed by atoms with Crippen LogP contribution >= 0.6 is 11.3 Å². The monoisotopic (exact) mass is 217 g/mol. The zero-order valence-corrected chi connectivity index (χ0v) is 7.75. The van der Waals surface area contributed by atoms with E-state index in [1.165, 1.54) is 23.5 Å². The zero-order chi connectivity index (χ0) is 10.3. The highest BCUT2D eigenvalue weighted by molar-refractivity contribution is 7.17. The number of thiophene rings is 1. The van der Waals surface area contributed by atoms with Crippen molar-refractivity contribution in [3.8, 4) is 0 Å². The normalized spacial score (nSPS) is 11.4. The van der Waals surface area contributed by atoms with Gasteiger partial charge in [-0.2, -0.15) is 0 Å². The summed E-state index contributed by atoms with van der Waals surface area (Å²) in [5.74, 6) is -0.782. The van der Waals surface area contributed by atoms with Gasteiger partial charge in [0.05, 0.1) is 11.3 Å². The van der Waals surface area contributed by atoms with E-state index in [1.54, 1.807) is 5.38 Å². The van der Waals surface area contributed by atoms with Crippen LogP contribution in [0.3, 0.4) is 0 Å². The van der Waals surface area contributed by atoms with Crippen LogP contribution < -0.4 is 5.73 Å². The fraction of sp³-hybridized carbons (Fsp3) is 0.111. The van der Waals surface area contributed by atoms with Gasteiger partial charge < -0.3 is 5.73 Å². The second-order valence-corrected chi connectivity index (χ2v) is 3.77. The van der Waals surface area contributed by atoms with Gasteiger partial charge in [0.1, 0.15) is 5.82 Å². The molecule has 0 unspecified atom stereocenters. The summed E-state index contributed by atoms with van der Waals surface area (Å²) in [7, 11) is 0. The Morgan fingerprint density at radius 3 is 2.71 bits per heavy atom. The van der Waals surface area contributed by atoms with Crippen molar-refractivity contribution in [3.63, 3.8) is 0 Å². The number of benzene rings is 1. The number of hydrogen-bond donors (Lipinski definition) is 1. The van der Waals surface area contributed by atoms with Gasteiger partial charge in [0, 0.05) is 10.1 Å². The predicted molar refractivity (Wildman–Crippen MR) is 51.2 cm³/mol. The second-order valence-electron chi connectivity index (χ2n) is 2.82. The largest absolute Gasteiger partial charge is 0.396 e. The molecule has 0 radical (unpaired) electrons. The molecule has 5 heteroatoms. The van der Waals surface area contributed by atoms with Crippen molar-refractivity contribution in [2.45, 2.75) is 6.43 Å². The van der Waals surface area contributed by atoms with E-state index in [9.17, 15) is 13.2 Å². The van der Waals surface area contributed by atoms with Crippen LogP contribution in [0.2, 0.25) is 0 Å². The molecule has 1 aromatic carbocycles. The van der Waals surface area contributed by atoms with Crippen LogP contribution in [-0.4, -0.2) is 0 Å². The fourth-order valence-electron chi connectivity index (χ4n) is 1.36. The first-order valence-electron chi connectivity index (χ1n) is 3.84. The Balaban J connectivity index is 2.86. The molecule has 0 atom stereocenters. The quantitative estimate of drug-likeness (QED) is 0.726. The number of rotatable bonds is 1. The Morgan fingerprint density at radius 1 is 1.36 bits per heavy atom. The summed E-state index contributed by atoms with van der Waals surface area (Å²) < 4.78 is 38.7. The molecule has 1 nitrogen and oxygen atoms in total. The molecule has 2 aromatic rings. The van der Waals surface area contributed by atoms with Gasteiger partial charge in [0.2, 0.25) is 0 Å². The van der Waals surface area contributed by atoms with E-state index < -0.39 is 23.5 Å². The van der Waals surface area contributed by atoms with E-state index in [0.717, 1.165) is 0 Å². The minimum Gasteiger partial charge on any atom is -0.396 e. The van der Waals surface area contributed by atoms with Crippen LogP contribution in [0.25, 0.3) is 10.1 Å². The lowest BCUT2D eigenvalue weighted by Crippen LogP contribution is -1.98. The SMILES string of the molecule is Nc1c(F)cc2sccc2c1C(F)F. The standard InChI is InChI=1S/C9H6F3NS/c10-5-3-6-4(1-2-14-6)7(8(5)13)9(11)12/h1-3,9H,13H2. The van der Waals surface area contributed by atoms with Gasteiger partial charge in [-0.1, -0.05) is 0 Å². The molecule has 0 saturated carbocycles. The molecular formula is C9H6F3NS. The lowest BCUT2D eigenvalue weighted by molar-refractivity contribution is 0.153. The fourth-order valence-corrected chi connectivity index (χ4v) is 2.18. The number of fused-ring (bicyclic) bond motifs is 1. The van der Waals surface area contributed by atoms with Crippen molar-refractivity contribution < 1.29 is 13.2 Å². The molecule has 1 heterocycles. The summed E-state index contributed by atoms with van der Waals surface area (Å²) in [6, 6.07) is 2.71. The summed E-state index contributed by atoms with van der Waals surface area (Å²) in [5.41, 5.74) is 4.40. The topological polar surface area (TPSA) is 26.0 Å². The maximum atomic E-state index is 13.1. The van der Waals surface area contributed by atoms with Crippen LogP contribution in [0, 0.1) is 5.82 Å². The number of anilines is 1. The van der Waals surface area contributed by atoms with Gasteiger partial charge in [0.25, 0.3) is 6.43 Å². The molecule has 0 bridgehead atoms. The number of nitrogens with two attached hydrogens (primary N) is 1. The first-order valence-corrected chi connectivity index (χ1v) is 4.72. The minimum atomic E-state index is -2.75. The summed E-state index contributed by atoms with van der Waals surface area (Å²) in [6.07, 6.45) is -2.75. The number of nitrogen functional groups attached to an aromatic ring is 1. The van der Waals surface area contributed by atoms with E-state index in [1.807, 2.05) is 0 Å². The highest BCUT2D eigenvalue weighted by Gasteiger charge is 2.19. The van der Waals surface area contributed by atoms with Crippen molar-refractivity contribution >= 4 is 27.1 Å². The Morgan fingerprint density at radius 2 is 2.07 bits per heavy atom. The van der Waals surface area contributed by atoms with Gasteiger partial charge in [-0.15, -0.1) is 11.3 Å². The Bertz CT molecular complexity index is 478. The van der Waals surface area contributed by atoms with E-state index in [2.05, 4.69) is 0 Å². The van der Waals surface area contributed by atoms with Crippen molar-refractivity contribution in [2.75, 3.05) is 5.73 Å². The van der Waals surface area contributed by atoms with Crippen LogP contribution in [0.1, 0.15) is 12.0 Å². The zero-order valence-electron chi connectivity index (χ0n) is 6.93. The molecule has 0 aliphatic carbocycles. The second kappa shape index (κ2) is 3.16. The Labute approximate surface area is 82.0 Å². The molecule has 0 aliphatic heterocycles. The molecule has 1 aromatic heterocycles. The molecule has 2 N–H and O–H groups in total. The summed E-state index contributed by atoms with van der Waals surface area (Å²) in [4.78, 5) is 0. The average Bonchev–Trinajstić information content (AvgIpc) is 2.52. The molecule has 0 saturated heterocycles. The van der Waals surface area contributed by atoms with E-state index in [4.69, 9.17) is 5.73 Å². The third-order valence-corrected chi connectivity index (χ3v) is 2.87. The van der Waals surface area contributed by atoms with Gasteiger partial charge in [-0.25, -0.2) is 13.2 Å². The van der Waals surface area contributed by atoms with Crippen LogP contribution in [0.5, 0.6) is 0 Å². The number of alkyl halides is 2. The molecule has 0 fully saturated rings. The van der Waals surface area contributed by atoms with E-state index >= 15 is 0 Å². The summed E-state index contributed by atoms with van der Waals surface area (Å²) >= 11 is 1.21. The predicted octanol–water partition coefficient (Wildman–Crippen LogP) is 3.56. The third-order valence-electron chi connectivity index (χ3n) is 2.01. The number of halogens is 3. The van der Waals surface area contributed by atoms with Crippen LogP contribution in [-0.2, 0) is 0 Å². The van der Waals surface area contributed by atoms with Crippen molar-refractivity contribution in [3.05, 3.63) is 28.9 Å². The highest BCUT2D eigenvalue weighted by atomic mass is 32.1. The highest BCUT2D eigenvalue weighted by Crippen LogP contribution is 2.36. The molecule has 0 aliphatic rings. The van der Waals surface area contributed by atoms with Crippen molar-refractivity contribution in [1.29, 1.82) is 0 Å². The average molecular weight is 217 g/mol. The third kappa shape index (κ3) is 1.24. The maximum absolute atomic E-state index is 13.1. The van der Waals surface area contributed by atoms with Gasteiger partial charge in [0.15, 0.2) is 0 Å². The number of hydrogen-bond acceptors (Lipinski definition) is 2. The van der Waals surface area contributed by atoms with Crippen molar-refractivity contribution in [1.82, 2.24) is 0 Å². The molecular weight excluding hydrogens is 211 g/mol. The summed E-state index contributed by atoms with van der Waals surface area (Å²) in [6.45, 7) is 0. The lowest BCUT2D eigenvalue weighted by atomic mass is 10.1. The van der Waals surface area contributed by atoms with Crippen molar-refractivity contribution in [2.24, 2.45) is 0 Å². The molecule has 0 amide bonds. The molecule has 14 heavy (non-hydrogen) atoms. The van der Waals surface area contributed by atoms with E-state index in [-0.39, 0.29) is 0 Å². The Hall–Kier alpha value is -1.23. The first kappa shape index (κ1) is 9.33. The van der Waals surface area contributed by atoms with E-state index in [0.29, 0.717) is 10.1 Å². The van der Waals surface area contributed by atoms with Crippen LogP contribution in [0.15, 0.2) is 17.5 Å².